The van der Waals surface area contributed by atoms with Gasteiger partial charge >= 0.3 is 0 Å². The van der Waals surface area contributed by atoms with Crippen molar-refractivity contribution in [1.82, 2.24) is 28.8 Å². The molecule has 0 saturated carbocycles. The van der Waals surface area contributed by atoms with E-state index in [-0.39, 0.29) is 0 Å². The van der Waals surface area contributed by atoms with Gasteiger partial charge in [0.25, 0.3) is 5.78 Å². The normalized spacial score (nSPS) is 11.9. The molecule has 0 spiro atoms. The Labute approximate surface area is 148 Å². The van der Waals surface area contributed by atoms with E-state index in [4.69, 9.17) is 5.10 Å². The average Bonchev–Trinajstić information content (AvgIpc) is 3.27. The Morgan fingerprint density at radius 1 is 0.920 bits per heavy atom. The summed E-state index contributed by atoms with van der Waals surface area (Å²) in [6.45, 7) is 2.10. The largest absolute Gasteiger partial charge is 0.311 e. The number of benzene rings is 2. The second-order valence-electron chi connectivity index (χ2n) is 6.15. The lowest BCUT2D eigenvalue weighted by Gasteiger charge is -2.00. The zero-order valence-electron chi connectivity index (χ0n) is 13.9. The van der Waals surface area contributed by atoms with Gasteiger partial charge in [0.1, 0.15) is 0 Å². The van der Waals surface area contributed by atoms with Crippen LogP contribution in [0.2, 0.25) is 0 Å². The highest BCUT2D eigenvalue weighted by atomic mass is 32.2. The number of thioether (sulfide) groups is 1. The van der Waals surface area contributed by atoms with Crippen molar-refractivity contribution in [3.8, 4) is 0 Å². The van der Waals surface area contributed by atoms with Crippen LogP contribution in [0.15, 0.2) is 53.7 Å². The first kappa shape index (κ1) is 14.5. The first-order valence-electron chi connectivity index (χ1n) is 8.08. The first-order valence-corrected chi connectivity index (χ1v) is 9.06. The number of aromatic nitrogens is 6. The second kappa shape index (κ2) is 5.35. The van der Waals surface area contributed by atoms with E-state index in [1.807, 2.05) is 23.7 Å². The zero-order valence-corrected chi connectivity index (χ0v) is 14.7. The highest BCUT2D eigenvalue weighted by molar-refractivity contribution is 7.98. The molecule has 0 amide bonds. The van der Waals surface area contributed by atoms with Crippen LogP contribution in [0.25, 0.3) is 22.6 Å². The highest BCUT2D eigenvalue weighted by Gasteiger charge is 2.18. The first-order chi connectivity index (χ1) is 12.2. The van der Waals surface area contributed by atoms with Gasteiger partial charge in [0.2, 0.25) is 10.9 Å². The molecule has 0 aliphatic rings. The maximum absolute atomic E-state index is 4.74. The van der Waals surface area contributed by atoms with Crippen LogP contribution in [0.1, 0.15) is 11.1 Å². The number of para-hydroxylation sites is 2. The lowest BCUT2D eigenvalue weighted by Crippen LogP contribution is -1.93. The predicted octanol–water partition coefficient (Wildman–Crippen LogP) is 3.47. The van der Waals surface area contributed by atoms with E-state index < -0.39 is 0 Å². The van der Waals surface area contributed by atoms with Crippen molar-refractivity contribution < 1.29 is 0 Å². The molecule has 0 aliphatic carbocycles. The molecular formula is C18H16N6S. The van der Waals surface area contributed by atoms with E-state index in [2.05, 4.69) is 62.5 Å². The van der Waals surface area contributed by atoms with Crippen molar-refractivity contribution in [2.45, 2.75) is 17.8 Å². The van der Waals surface area contributed by atoms with Crippen LogP contribution in [-0.4, -0.2) is 28.8 Å². The van der Waals surface area contributed by atoms with Crippen molar-refractivity contribution in [1.29, 1.82) is 0 Å². The van der Waals surface area contributed by atoms with E-state index in [0.29, 0.717) is 0 Å². The molecule has 0 N–H and O–H groups in total. The highest BCUT2D eigenvalue weighted by Crippen LogP contribution is 2.25. The molecule has 3 aromatic heterocycles. The van der Waals surface area contributed by atoms with Gasteiger partial charge in [-0.25, -0.2) is 4.40 Å². The molecule has 5 aromatic rings. The summed E-state index contributed by atoms with van der Waals surface area (Å²) >= 11 is 1.65. The number of imidazole rings is 1. The summed E-state index contributed by atoms with van der Waals surface area (Å²) in [4.78, 5) is 0. The summed E-state index contributed by atoms with van der Waals surface area (Å²) < 4.78 is 5.97. The van der Waals surface area contributed by atoms with E-state index in [0.717, 1.165) is 33.5 Å². The molecule has 0 saturated heterocycles. The minimum Gasteiger partial charge on any atom is -0.311 e. The molecule has 2 aromatic carbocycles. The molecule has 124 valence electrons. The van der Waals surface area contributed by atoms with Crippen LogP contribution in [0, 0.1) is 6.92 Å². The number of hydrogen-bond donors (Lipinski definition) is 0. The van der Waals surface area contributed by atoms with Crippen LogP contribution in [0.5, 0.6) is 0 Å². The molecule has 0 fully saturated rings. The molecule has 6 nitrogen and oxygen atoms in total. The summed E-state index contributed by atoms with van der Waals surface area (Å²) in [7, 11) is 2.02. The molecular weight excluding hydrogens is 332 g/mol. The summed E-state index contributed by atoms with van der Waals surface area (Å²) in [6, 6.07) is 16.8. The van der Waals surface area contributed by atoms with Gasteiger partial charge in [-0.1, -0.05) is 53.7 Å². The summed E-state index contributed by atoms with van der Waals surface area (Å²) in [5.74, 6) is 2.46. The van der Waals surface area contributed by atoms with Gasteiger partial charge in [0.15, 0.2) is 0 Å². The topological polar surface area (TPSA) is 52.4 Å². The molecule has 3 heterocycles. The Morgan fingerprint density at radius 3 is 2.48 bits per heavy atom. The third-order valence-corrected chi connectivity index (χ3v) is 5.45. The molecule has 0 radical (unpaired) electrons. The zero-order chi connectivity index (χ0) is 17.0. The van der Waals surface area contributed by atoms with Gasteiger partial charge in [0.05, 0.1) is 11.0 Å². The van der Waals surface area contributed by atoms with Crippen LogP contribution in [0.3, 0.4) is 0 Å². The summed E-state index contributed by atoms with van der Waals surface area (Å²) in [5, 5.41) is 14.3. The van der Waals surface area contributed by atoms with E-state index in [9.17, 15) is 0 Å². The summed E-state index contributed by atoms with van der Waals surface area (Å²) in [5.41, 5.74) is 4.75. The smallest absolute Gasteiger partial charge is 0.260 e. The van der Waals surface area contributed by atoms with Gasteiger partial charge in [-0.2, -0.15) is 4.52 Å². The lowest BCUT2D eigenvalue weighted by molar-refractivity contribution is 0.816. The molecule has 0 atom stereocenters. The van der Waals surface area contributed by atoms with Crippen LogP contribution in [0.4, 0.5) is 0 Å². The quantitative estimate of drug-likeness (QED) is 0.469. The Morgan fingerprint density at radius 2 is 1.68 bits per heavy atom. The molecule has 0 aliphatic heterocycles. The fourth-order valence-electron chi connectivity index (χ4n) is 3.11. The van der Waals surface area contributed by atoms with Crippen molar-refractivity contribution in [3.05, 3.63) is 59.7 Å². The van der Waals surface area contributed by atoms with Gasteiger partial charge in [-0.3, -0.25) is 0 Å². The van der Waals surface area contributed by atoms with Crippen molar-refractivity contribution in [2.75, 3.05) is 0 Å². The standard InChI is InChI=1S/C18H16N6S/c1-12-7-9-13(10-8-12)11-25-18-20-19-16-23-15-6-4-3-5-14(15)22(2)17(23)21-24(16)18/h3-10H,11H2,1-2H3. The average molecular weight is 348 g/mol. The minimum absolute atomic E-state index is 0.748. The maximum Gasteiger partial charge on any atom is 0.260 e. The Bertz CT molecular complexity index is 1210. The second-order valence-corrected chi connectivity index (χ2v) is 7.09. The third-order valence-electron chi connectivity index (χ3n) is 4.46. The number of rotatable bonds is 3. The maximum atomic E-state index is 4.74. The van der Waals surface area contributed by atoms with Crippen molar-refractivity contribution in [3.63, 3.8) is 0 Å². The van der Waals surface area contributed by atoms with Crippen molar-refractivity contribution in [2.24, 2.45) is 7.05 Å². The molecule has 25 heavy (non-hydrogen) atoms. The van der Waals surface area contributed by atoms with Gasteiger partial charge in [0, 0.05) is 12.8 Å². The van der Waals surface area contributed by atoms with Crippen LogP contribution < -0.4 is 0 Å². The molecule has 0 bridgehead atoms. The Hall–Kier alpha value is -2.80. The van der Waals surface area contributed by atoms with E-state index >= 15 is 0 Å². The van der Waals surface area contributed by atoms with E-state index in [1.165, 1.54) is 11.1 Å². The summed E-state index contributed by atoms with van der Waals surface area (Å²) in [6.07, 6.45) is 0. The number of fused-ring (bicyclic) bond motifs is 5. The molecule has 0 unspecified atom stereocenters. The minimum atomic E-state index is 0.748. The fourth-order valence-corrected chi connectivity index (χ4v) is 3.94. The van der Waals surface area contributed by atoms with Crippen molar-refractivity contribution >= 4 is 34.4 Å². The number of hydrogen-bond acceptors (Lipinski definition) is 4. The fraction of sp³-hybridized carbons (Fsp3) is 0.167. The monoisotopic (exact) mass is 348 g/mol. The van der Waals surface area contributed by atoms with Gasteiger partial charge in [-0.05, 0) is 24.6 Å². The molecule has 7 heteroatoms. The Kier molecular flexibility index (Phi) is 3.11. The van der Waals surface area contributed by atoms with Crippen LogP contribution >= 0.6 is 11.8 Å². The third kappa shape index (κ3) is 2.16. The predicted molar refractivity (Wildman–Crippen MR) is 99.0 cm³/mol. The lowest BCUT2D eigenvalue weighted by atomic mass is 10.2. The number of nitrogens with zero attached hydrogens (tertiary/aromatic N) is 6. The van der Waals surface area contributed by atoms with Gasteiger partial charge < -0.3 is 4.57 Å². The molecule has 5 rings (SSSR count). The van der Waals surface area contributed by atoms with Gasteiger partial charge in [-0.15, -0.1) is 15.3 Å². The van der Waals surface area contributed by atoms with E-state index in [1.54, 1.807) is 11.8 Å². The number of aryl methyl sites for hydroxylation is 2. The van der Waals surface area contributed by atoms with Crippen LogP contribution in [-0.2, 0) is 12.8 Å². The Balaban J connectivity index is 1.58. The SMILES string of the molecule is Cc1ccc(CSc2nnc3n2nc2n(C)c4ccccc4n23)cc1.